The van der Waals surface area contributed by atoms with Gasteiger partial charge in [-0.2, -0.15) is 0 Å². The van der Waals surface area contributed by atoms with E-state index in [9.17, 15) is 0 Å². The molecule has 1 aromatic rings. The average molecular weight is 234 g/mol. The monoisotopic (exact) mass is 234 g/mol. The highest BCUT2D eigenvalue weighted by Gasteiger charge is 2.31. The van der Waals surface area contributed by atoms with Gasteiger partial charge in [0.15, 0.2) is 0 Å². The van der Waals surface area contributed by atoms with E-state index >= 15 is 0 Å². The Morgan fingerprint density at radius 3 is 2.65 bits per heavy atom. The van der Waals surface area contributed by atoms with Gasteiger partial charge in [0.05, 0.1) is 0 Å². The molecule has 1 aliphatic carbocycles. The number of pyridine rings is 1. The van der Waals surface area contributed by atoms with Gasteiger partial charge in [0.2, 0.25) is 0 Å². The number of hydrogen-bond donors (Lipinski definition) is 3. The van der Waals surface area contributed by atoms with E-state index in [-0.39, 0.29) is 0 Å². The lowest BCUT2D eigenvalue weighted by Crippen LogP contribution is -2.26. The normalized spacial score (nSPS) is 18.0. The Morgan fingerprint density at radius 1 is 1.29 bits per heavy atom. The second-order valence-corrected chi connectivity index (χ2v) is 4.97. The SMILES string of the molecule is CCC1(CNc2cccc(NN)n2)CCCC1. The first-order chi connectivity index (χ1) is 8.28. The highest BCUT2D eigenvalue weighted by atomic mass is 15.3. The first-order valence-electron chi connectivity index (χ1n) is 6.45. The van der Waals surface area contributed by atoms with Crippen molar-refractivity contribution in [1.82, 2.24) is 4.98 Å². The van der Waals surface area contributed by atoms with Crippen LogP contribution < -0.4 is 16.6 Å². The van der Waals surface area contributed by atoms with Gasteiger partial charge in [-0.25, -0.2) is 10.8 Å². The second-order valence-electron chi connectivity index (χ2n) is 4.97. The summed E-state index contributed by atoms with van der Waals surface area (Å²) in [5.41, 5.74) is 3.05. The van der Waals surface area contributed by atoms with Crippen molar-refractivity contribution in [2.45, 2.75) is 39.0 Å². The lowest BCUT2D eigenvalue weighted by atomic mass is 9.83. The molecule has 0 aliphatic heterocycles. The molecule has 1 aromatic heterocycles. The van der Waals surface area contributed by atoms with E-state index in [0.717, 1.165) is 12.4 Å². The molecule has 0 bridgehead atoms. The van der Waals surface area contributed by atoms with Crippen molar-refractivity contribution in [1.29, 1.82) is 0 Å². The standard InChI is InChI=1S/C13H22N4/c1-2-13(8-3-4-9-13)10-15-11-6-5-7-12(16-11)17-14/h5-7H,2-4,8-10,14H2,1H3,(H2,15,16,17). The van der Waals surface area contributed by atoms with Gasteiger partial charge < -0.3 is 10.7 Å². The van der Waals surface area contributed by atoms with Gasteiger partial charge in [0, 0.05) is 6.54 Å². The highest BCUT2D eigenvalue weighted by molar-refractivity contribution is 5.44. The summed E-state index contributed by atoms with van der Waals surface area (Å²) in [5, 5.41) is 3.45. The molecule has 0 radical (unpaired) electrons. The molecular formula is C13H22N4. The molecule has 1 fully saturated rings. The van der Waals surface area contributed by atoms with E-state index < -0.39 is 0 Å². The maximum Gasteiger partial charge on any atom is 0.142 e. The number of nitrogens with zero attached hydrogens (tertiary/aromatic N) is 1. The third-order valence-electron chi connectivity index (χ3n) is 3.96. The van der Waals surface area contributed by atoms with Gasteiger partial charge in [-0.1, -0.05) is 25.8 Å². The topological polar surface area (TPSA) is 63.0 Å². The zero-order valence-electron chi connectivity index (χ0n) is 10.5. The Morgan fingerprint density at radius 2 is 2.00 bits per heavy atom. The molecule has 17 heavy (non-hydrogen) atoms. The lowest BCUT2D eigenvalue weighted by molar-refractivity contribution is 0.306. The van der Waals surface area contributed by atoms with Crippen LogP contribution in [0.4, 0.5) is 11.6 Å². The summed E-state index contributed by atoms with van der Waals surface area (Å²) < 4.78 is 0. The fourth-order valence-electron chi connectivity index (χ4n) is 2.67. The summed E-state index contributed by atoms with van der Waals surface area (Å²) in [4.78, 5) is 4.37. The van der Waals surface area contributed by atoms with Crippen LogP contribution in [-0.4, -0.2) is 11.5 Å². The van der Waals surface area contributed by atoms with Gasteiger partial charge in [-0.05, 0) is 36.8 Å². The van der Waals surface area contributed by atoms with Crippen LogP contribution >= 0.6 is 0 Å². The third kappa shape index (κ3) is 2.88. The van der Waals surface area contributed by atoms with Crippen molar-refractivity contribution in [3.8, 4) is 0 Å². The predicted molar refractivity (Wildman–Crippen MR) is 71.7 cm³/mol. The molecule has 1 saturated carbocycles. The highest BCUT2D eigenvalue weighted by Crippen LogP contribution is 2.40. The lowest BCUT2D eigenvalue weighted by Gasteiger charge is -2.28. The first kappa shape index (κ1) is 12.2. The smallest absolute Gasteiger partial charge is 0.142 e. The quantitative estimate of drug-likeness (QED) is 0.541. The van der Waals surface area contributed by atoms with E-state index in [1.165, 1.54) is 32.1 Å². The molecule has 1 heterocycles. The maximum atomic E-state index is 5.35. The van der Waals surface area contributed by atoms with E-state index in [4.69, 9.17) is 5.84 Å². The molecule has 1 aliphatic rings. The Labute approximate surface area is 103 Å². The van der Waals surface area contributed by atoms with E-state index in [1.54, 1.807) is 0 Å². The van der Waals surface area contributed by atoms with E-state index in [0.29, 0.717) is 11.2 Å². The fourth-order valence-corrected chi connectivity index (χ4v) is 2.67. The maximum absolute atomic E-state index is 5.35. The van der Waals surface area contributed by atoms with Crippen molar-refractivity contribution in [3.63, 3.8) is 0 Å². The van der Waals surface area contributed by atoms with Crippen LogP contribution in [0.15, 0.2) is 18.2 Å². The van der Waals surface area contributed by atoms with Crippen LogP contribution in [0.25, 0.3) is 0 Å². The van der Waals surface area contributed by atoms with E-state index in [2.05, 4.69) is 22.7 Å². The summed E-state index contributed by atoms with van der Waals surface area (Å²) in [6.45, 7) is 3.31. The van der Waals surface area contributed by atoms with Gasteiger partial charge in [-0.3, -0.25) is 0 Å². The Hall–Kier alpha value is -1.29. The van der Waals surface area contributed by atoms with Crippen molar-refractivity contribution >= 4 is 11.6 Å². The zero-order chi connectivity index (χ0) is 12.1. The molecule has 0 unspecified atom stereocenters. The molecule has 0 amide bonds. The van der Waals surface area contributed by atoms with Crippen LogP contribution in [0.1, 0.15) is 39.0 Å². The number of aromatic nitrogens is 1. The molecule has 4 N–H and O–H groups in total. The molecule has 0 atom stereocenters. The van der Waals surface area contributed by atoms with Crippen molar-refractivity contribution in [2.75, 3.05) is 17.3 Å². The van der Waals surface area contributed by atoms with Crippen molar-refractivity contribution in [3.05, 3.63) is 18.2 Å². The molecule has 94 valence electrons. The van der Waals surface area contributed by atoms with Crippen molar-refractivity contribution in [2.24, 2.45) is 11.3 Å². The number of anilines is 2. The van der Waals surface area contributed by atoms with E-state index in [1.807, 2.05) is 18.2 Å². The zero-order valence-corrected chi connectivity index (χ0v) is 10.5. The fraction of sp³-hybridized carbons (Fsp3) is 0.615. The summed E-state index contributed by atoms with van der Waals surface area (Å²) in [6, 6.07) is 5.80. The largest absolute Gasteiger partial charge is 0.369 e. The molecule has 0 aromatic carbocycles. The van der Waals surface area contributed by atoms with Gasteiger partial charge >= 0.3 is 0 Å². The van der Waals surface area contributed by atoms with Crippen LogP contribution in [0, 0.1) is 5.41 Å². The van der Waals surface area contributed by atoms with Crippen LogP contribution in [0.2, 0.25) is 0 Å². The minimum atomic E-state index is 0.480. The average Bonchev–Trinajstić information content (AvgIpc) is 2.86. The number of hydrazine groups is 1. The number of nitrogen functional groups attached to an aromatic ring is 1. The second kappa shape index (κ2) is 5.36. The number of nitrogens with one attached hydrogen (secondary N) is 2. The minimum Gasteiger partial charge on any atom is -0.369 e. The summed E-state index contributed by atoms with van der Waals surface area (Å²) in [7, 11) is 0. The van der Waals surface area contributed by atoms with Crippen LogP contribution in [-0.2, 0) is 0 Å². The molecule has 0 saturated heterocycles. The number of hydrogen-bond acceptors (Lipinski definition) is 4. The first-order valence-corrected chi connectivity index (χ1v) is 6.45. The summed E-state index contributed by atoms with van der Waals surface area (Å²) in [6.07, 6.45) is 6.66. The van der Waals surface area contributed by atoms with Crippen LogP contribution in [0.5, 0.6) is 0 Å². The number of nitrogens with two attached hydrogens (primary N) is 1. The van der Waals surface area contributed by atoms with Gasteiger partial charge in [-0.15, -0.1) is 0 Å². The number of rotatable bonds is 5. The van der Waals surface area contributed by atoms with Crippen molar-refractivity contribution < 1.29 is 0 Å². The molecule has 4 nitrogen and oxygen atoms in total. The Balaban J connectivity index is 1.96. The minimum absolute atomic E-state index is 0.480. The predicted octanol–water partition coefficient (Wildman–Crippen LogP) is 2.75. The summed E-state index contributed by atoms with van der Waals surface area (Å²) >= 11 is 0. The Kier molecular flexibility index (Phi) is 3.84. The van der Waals surface area contributed by atoms with Crippen LogP contribution in [0.3, 0.4) is 0 Å². The molecular weight excluding hydrogens is 212 g/mol. The summed E-state index contributed by atoms with van der Waals surface area (Å²) in [5.74, 6) is 6.95. The molecule has 0 spiro atoms. The molecule has 2 rings (SSSR count). The van der Waals surface area contributed by atoms with Gasteiger partial charge in [0.1, 0.15) is 11.6 Å². The Bertz CT molecular complexity index is 358. The third-order valence-corrected chi connectivity index (χ3v) is 3.96. The van der Waals surface area contributed by atoms with Gasteiger partial charge in [0.25, 0.3) is 0 Å². The molecule has 4 heteroatoms.